The Morgan fingerprint density at radius 2 is 1.85 bits per heavy atom. The molecule has 0 radical (unpaired) electrons. The van der Waals surface area contributed by atoms with Crippen LogP contribution in [0.3, 0.4) is 0 Å². The molecule has 5 rings (SSSR count). The summed E-state index contributed by atoms with van der Waals surface area (Å²) >= 11 is 0. The Bertz CT molecular complexity index is 1130. The molecule has 8 nitrogen and oxygen atoms in total. The predicted molar refractivity (Wildman–Crippen MR) is 121 cm³/mol. The lowest BCUT2D eigenvalue weighted by Crippen LogP contribution is -2.51. The number of benzene rings is 1. The highest BCUT2D eigenvalue weighted by molar-refractivity contribution is 5.88. The Hall–Kier alpha value is -2.95. The van der Waals surface area contributed by atoms with Crippen molar-refractivity contribution >= 4 is 22.5 Å². The van der Waals surface area contributed by atoms with E-state index in [1.165, 1.54) is 12.1 Å². The average Bonchev–Trinajstić information content (AvgIpc) is 2.83. The van der Waals surface area contributed by atoms with Crippen LogP contribution in [-0.2, 0) is 9.47 Å². The van der Waals surface area contributed by atoms with Crippen molar-refractivity contribution < 1.29 is 18.3 Å². The first-order chi connectivity index (χ1) is 16.0. The fourth-order valence-electron chi connectivity index (χ4n) is 4.20. The number of halogens is 2. The molecule has 0 spiro atoms. The first-order valence-electron chi connectivity index (χ1n) is 11.0. The number of nitrogens with one attached hydrogen (secondary N) is 2. The molecule has 1 unspecified atom stereocenters. The molecule has 0 amide bonds. The quantitative estimate of drug-likeness (QED) is 0.606. The van der Waals surface area contributed by atoms with Gasteiger partial charge in [-0.1, -0.05) is 0 Å². The molecule has 174 valence electrons. The Morgan fingerprint density at radius 3 is 2.58 bits per heavy atom. The zero-order valence-corrected chi connectivity index (χ0v) is 18.4. The van der Waals surface area contributed by atoms with E-state index in [0.29, 0.717) is 74.1 Å². The lowest BCUT2D eigenvalue weighted by molar-refractivity contribution is -0.0425. The monoisotopic (exact) mass is 456 g/mol. The summed E-state index contributed by atoms with van der Waals surface area (Å²) in [6, 6.07) is 4.33. The molecule has 0 saturated carbocycles. The number of rotatable bonds is 5. The maximum absolute atomic E-state index is 15.0. The van der Waals surface area contributed by atoms with Gasteiger partial charge in [-0.3, -0.25) is 4.98 Å². The molecule has 10 heteroatoms. The molecule has 0 bridgehead atoms. The lowest BCUT2D eigenvalue weighted by atomic mass is 10.1. The molecule has 2 saturated heterocycles. The SMILES string of the molecule is CC1(CNc2nc(-c3cc(F)c(N4CCOCC4)c(F)c3)cc3nccnc23)CNCCO1. The Morgan fingerprint density at radius 1 is 1.09 bits per heavy atom. The third-order valence-electron chi connectivity index (χ3n) is 5.95. The Labute approximate surface area is 190 Å². The third-order valence-corrected chi connectivity index (χ3v) is 5.95. The van der Waals surface area contributed by atoms with Gasteiger partial charge in [-0.15, -0.1) is 0 Å². The lowest BCUT2D eigenvalue weighted by Gasteiger charge is -2.34. The minimum atomic E-state index is -0.628. The number of hydrogen-bond acceptors (Lipinski definition) is 8. The number of anilines is 2. The molecule has 2 fully saturated rings. The van der Waals surface area contributed by atoms with E-state index in [4.69, 9.17) is 9.47 Å². The van der Waals surface area contributed by atoms with Gasteiger partial charge in [0.2, 0.25) is 0 Å². The standard InChI is InChI=1S/C23H26F2N6O2/c1-23(13-26-4-7-33-23)14-29-22-20-19(27-2-3-28-20)12-18(30-22)15-10-16(24)21(17(25)11-15)31-5-8-32-9-6-31/h2-3,10-12,26H,4-9,13-14H2,1H3,(H,29,30). The molecule has 0 aliphatic carbocycles. The Balaban J connectivity index is 1.49. The van der Waals surface area contributed by atoms with Gasteiger partial charge in [-0.05, 0) is 25.1 Å². The van der Waals surface area contributed by atoms with Crippen molar-refractivity contribution in [2.24, 2.45) is 0 Å². The van der Waals surface area contributed by atoms with Gasteiger partial charge in [0.15, 0.2) is 5.82 Å². The fraction of sp³-hybridized carbons (Fsp3) is 0.435. The second-order valence-electron chi connectivity index (χ2n) is 8.50. The summed E-state index contributed by atoms with van der Waals surface area (Å²) in [6.45, 7) is 6.41. The number of ether oxygens (including phenoxy) is 2. The van der Waals surface area contributed by atoms with Gasteiger partial charge >= 0.3 is 0 Å². The highest BCUT2D eigenvalue weighted by Gasteiger charge is 2.28. The van der Waals surface area contributed by atoms with Crippen LogP contribution in [0.4, 0.5) is 20.3 Å². The highest BCUT2D eigenvalue weighted by Crippen LogP contribution is 2.32. The normalized spacial score (nSPS) is 21.4. The van der Waals surface area contributed by atoms with Crippen molar-refractivity contribution in [2.45, 2.75) is 12.5 Å². The van der Waals surface area contributed by atoms with Crippen molar-refractivity contribution in [3.63, 3.8) is 0 Å². The van der Waals surface area contributed by atoms with E-state index in [9.17, 15) is 0 Å². The van der Waals surface area contributed by atoms with Gasteiger partial charge < -0.3 is 25.0 Å². The van der Waals surface area contributed by atoms with Crippen molar-refractivity contribution in [2.75, 3.05) is 62.8 Å². The van der Waals surface area contributed by atoms with E-state index >= 15 is 8.78 Å². The van der Waals surface area contributed by atoms with E-state index in [1.807, 2.05) is 6.92 Å². The molecule has 4 heterocycles. The van der Waals surface area contributed by atoms with E-state index < -0.39 is 17.2 Å². The van der Waals surface area contributed by atoms with Crippen LogP contribution in [0.15, 0.2) is 30.6 Å². The molecule has 1 aromatic carbocycles. The Kier molecular flexibility index (Phi) is 6.05. The summed E-state index contributed by atoms with van der Waals surface area (Å²) in [5, 5.41) is 6.63. The van der Waals surface area contributed by atoms with Gasteiger partial charge in [0.05, 0.1) is 36.6 Å². The molecule has 2 N–H and O–H groups in total. The number of morpholine rings is 2. The summed E-state index contributed by atoms with van der Waals surface area (Å²) in [6.07, 6.45) is 3.17. The largest absolute Gasteiger partial charge is 0.378 e. The van der Waals surface area contributed by atoms with E-state index in [0.717, 1.165) is 6.54 Å². The first kappa shape index (κ1) is 21.9. The topological polar surface area (TPSA) is 84.4 Å². The summed E-state index contributed by atoms with van der Waals surface area (Å²) in [4.78, 5) is 15.1. The second kappa shape index (κ2) is 9.12. The highest BCUT2D eigenvalue weighted by atomic mass is 19.1. The fourth-order valence-corrected chi connectivity index (χ4v) is 4.20. The molecule has 33 heavy (non-hydrogen) atoms. The third kappa shape index (κ3) is 4.59. The van der Waals surface area contributed by atoms with Gasteiger partial charge in [0, 0.05) is 50.7 Å². The molecule has 3 aromatic rings. The zero-order valence-electron chi connectivity index (χ0n) is 18.4. The molecular weight excluding hydrogens is 430 g/mol. The molecule has 2 aliphatic heterocycles. The number of nitrogens with zero attached hydrogens (tertiary/aromatic N) is 4. The maximum atomic E-state index is 15.0. The molecular formula is C23H26F2N6O2. The number of hydrogen-bond donors (Lipinski definition) is 2. The number of fused-ring (bicyclic) bond motifs is 1. The van der Waals surface area contributed by atoms with E-state index in [-0.39, 0.29) is 5.69 Å². The zero-order chi connectivity index (χ0) is 22.8. The van der Waals surface area contributed by atoms with Gasteiger partial charge in [0.25, 0.3) is 0 Å². The van der Waals surface area contributed by atoms with Crippen LogP contribution in [-0.4, -0.2) is 73.1 Å². The van der Waals surface area contributed by atoms with Gasteiger partial charge in [-0.2, -0.15) is 0 Å². The predicted octanol–water partition coefficient (Wildman–Crippen LogP) is 2.60. The minimum absolute atomic E-state index is 0.0316. The van der Waals surface area contributed by atoms with Crippen LogP contribution in [0.2, 0.25) is 0 Å². The van der Waals surface area contributed by atoms with Crippen LogP contribution >= 0.6 is 0 Å². The van der Waals surface area contributed by atoms with Crippen LogP contribution in [0.1, 0.15) is 6.92 Å². The second-order valence-corrected chi connectivity index (χ2v) is 8.50. The van der Waals surface area contributed by atoms with Crippen LogP contribution in [0, 0.1) is 11.6 Å². The summed E-state index contributed by atoms with van der Waals surface area (Å²) in [5.41, 5.74) is 1.46. The van der Waals surface area contributed by atoms with Crippen molar-refractivity contribution in [3.05, 3.63) is 42.2 Å². The summed E-state index contributed by atoms with van der Waals surface area (Å²) in [5.74, 6) is -0.766. The van der Waals surface area contributed by atoms with Crippen LogP contribution < -0.4 is 15.5 Å². The number of pyridine rings is 1. The van der Waals surface area contributed by atoms with Crippen LogP contribution in [0.5, 0.6) is 0 Å². The average molecular weight is 456 g/mol. The van der Waals surface area contributed by atoms with Crippen LogP contribution in [0.25, 0.3) is 22.3 Å². The molecule has 2 aliphatic rings. The molecule has 2 aromatic heterocycles. The minimum Gasteiger partial charge on any atom is -0.378 e. The van der Waals surface area contributed by atoms with Crippen molar-refractivity contribution in [3.8, 4) is 11.3 Å². The smallest absolute Gasteiger partial charge is 0.155 e. The van der Waals surface area contributed by atoms with Gasteiger partial charge in [0.1, 0.15) is 22.8 Å². The summed E-state index contributed by atoms with van der Waals surface area (Å²) in [7, 11) is 0. The van der Waals surface area contributed by atoms with E-state index in [2.05, 4.69) is 25.6 Å². The maximum Gasteiger partial charge on any atom is 0.155 e. The van der Waals surface area contributed by atoms with E-state index in [1.54, 1.807) is 23.4 Å². The first-order valence-corrected chi connectivity index (χ1v) is 11.0. The van der Waals surface area contributed by atoms with Crippen molar-refractivity contribution in [1.82, 2.24) is 20.3 Å². The molecule has 1 atom stereocenters. The van der Waals surface area contributed by atoms with Crippen molar-refractivity contribution in [1.29, 1.82) is 0 Å². The van der Waals surface area contributed by atoms with Gasteiger partial charge in [-0.25, -0.2) is 18.7 Å². The summed E-state index contributed by atoms with van der Waals surface area (Å²) < 4.78 is 41.2. The number of aromatic nitrogens is 3.